The molecule has 0 aliphatic heterocycles. The number of aromatic carboxylic acids is 2. The Labute approximate surface area is 113 Å². The molecule has 1 aromatic carbocycles. The maximum absolute atomic E-state index is 11.3. The average Bonchev–Trinajstić information content (AvgIpc) is 2.98. The molecule has 0 saturated carbocycles. The van der Waals surface area contributed by atoms with Gasteiger partial charge in [0.05, 0.1) is 5.52 Å². The molecule has 2 heterocycles. The van der Waals surface area contributed by atoms with E-state index in [1.807, 2.05) is 6.92 Å². The van der Waals surface area contributed by atoms with Gasteiger partial charge >= 0.3 is 11.9 Å². The van der Waals surface area contributed by atoms with E-state index in [4.69, 9.17) is 5.11 Å². The van der Waals surface area contributed by atoms with Crippen LogP contribution in [-0.4, -0.2) is 31.7 Å². The second kappa shape index (κ2) is 4.12. The molecule has 0 atom stereocenters. The molecule has 0 fully saturated rings. The first-order valence-electron chi connectivity index (χ1n) is 6.14. The number of fused-ring (bicyclic) bond motifs is 3. The number of nitrogens with zero attached hydrogens (tertiary/aromatic N) is 1. The van der Waals surface area contributed by atoms with Gasteiger partial charge in [-0.2, -0.15) is 0 Å². The van der Waals surface area contributed by atoms with E-state index in [0.717, 1.165) is 10.9 Å². The third-order valence-corrected chi connectivity index (χ3v) is 3.42. The highest BCUT2D eigenvalue weighted by molar-refractivity contribution is 6.10. The first kappa shape index (κ1) is 12.3. The van der Waals surface area contributed by atoms with Gasteiger partial charge in [0.25, 0.3) is 0 Å². The highest BCUT2D eigenvalue weighted by Crippen LogP contribution is 2.29. The van der Waals surface area contributed by atoms with E-state index < -0.39 is 11.9 Å². The van der Waals surface area contributed by atoms with Crippen LogP contribution in [0, 0.1) is 0 Å². The van der Waals surface area contributed by atoms with Crippen LogP contribution >= 0.6 is 0 Å². The number of H-pyrrole nitrogens is 1. The number of aromatic amines is 1. The van der Waals surface area contributed by atoms with E-state index in [0.29, 0.717) is 17.4 Å². The maximum Gasteiger partial charge on any atom is 0.352 e. The summed E-state index contributed by atoms with van der Waals surface area (Å²) in [4.78, 5) is 25.1. The summed E-state index contributed by atoms with van der Waals surface area (Å²) in [5, 5.41) is 19.8. The number of aryl methyl sites for hydroxylation is 1. The summed E-state index contributed by atoms with van der Waals surface area (Å²) in [6, 6.07) is 6.69. The quantitative estimate of drug-likeness (QED) is 0.682. The highest BCUT2D eigenvalue weighted by atomic mass is 16.4. The molecule has 0 bridgehead atoms. The van der Waals surface area contributed by atoms with Gasteiger partial charge in [-0.05, 0) is 25.1 Å². The minimum Gasteiger partial charge on any atom is -0.477 e. The topological polar surface area (TPSA) is 95.3 Å². The van der Waals surface area contributed by atoms with Crippen molar-refractivity contribution in [1.82, 2.24) is 9.55 Å². The Morgan fingerprint density at radius 1 is 1.20 bits per heavy atom. The van der Waals surface area contributed by atoms with E-state index in [9.17, 15) is 14.7 Å². The molecule has 20 heavy (non-hydrogen) atoms. The second-order valence-corrected chi connectivity index (χ2v) is 4.53. The normalized spacial score (nSPS) is 11.2. The van der Waals surface area contributed by atoms with Crippen molar-refractivity contribution in [3.63, 3.8) is 0 Å². The van der Waals surface area contributed by atoms with Crippen LogP contribution in [0.1, 0.15) is 27.9 Å². The minimum absolute atomic E-state index is 0.0910. The number of nitrogens with one attached hydrogen (secondary N) is 1. The number of rotatable bonds is 3. The van der Waals surface area contributed by atoms with E-state index in [-0.39, 0.29) is 11.4 Å². The molecule has 3 N–H and O–H groups in total. The van der Waals surface area contributed by atoms with Crippen LogP contribution in [-0.2, 0) is 6.54 Å². The lowest BCUT2D eigenvalue weighted by Gasteiger charge is -2.05. The SMILES string of the molecule is CCn1c(C(=O)O)cc2ccc3[nH]c(C(=O)O)cc3c21. The van der Waals surface area contributed by atoms with Crippen molar-refractivity contribution >= 4 is 33.7 Å². The molecule has 0 saturated heterocycles. The Balaban J connectivity index is 2.45. The maximum atomic E-state index is 11.3. The summed E-state index contributed by atoms with van der Waals surface area (Å²) in [5.41, 5.74) is 1.71. The monoisotopic (exact) mass is 272 g/mol. The number of benzene rings is 1. The molecule has 0 aliphatic rings. The zero-order valence-electron chi connectivity index (χ0n) is 10.7. The van der Waals surface area contributed by atoms with Gasteiger partial charge in [0.15, 0.2) is 0 Å². The van der Waals surface area contributed by atoms with Crippen molar-refractivity contribution < 1.29 is 19.8 Å². The van der Waals surface area contributed by atoms with E-state index in [1.165, 1.54) is 6.07 Å². The Hall–Kier alpha value is -2.76. The lowest BCUT2D eigenvalue weighted by atomic mass is 10.2. The fraction of sp³-hybridized carbons (Fsp3) is 0.143. The largest absolute Gasteiger partial charge is 0.477 e. The van der Waals surface area contributed by atoms with Gasteiger partial charge in [-0.3, -0.25) is 0 Å². The summed E-state index contributed by atoms with van der Waals surface area (Å²) in [7, 11) is 0. The Bertz CT molecular complexity index is 857. The Morgan fingerprint density at radius 2 is 1.95 bits per heavy atom. The molecular weight excluding hydrogens is 260 g/mol. The third kappa shape index (κ3) is 1.58. The van der Waals surface area contributed by atoms with Crippen LogP contribution in [0.25, 0.3) is 21.8 Å². The number of hydrogen-bond acceptors (Lipinski definition) is 2. The summed E-state index contributed by atoms with van der Waals surface area (Å²) in [6.45, 7) is 2.35. The van der Waals surface area contributed by atoms with Crippen molar-refractivity contribution in [1.29, 1.82) is 0 Å². The first-order valence-corrected chi connectivity index (χ1v) is 6.14. The predicted molar refractivity (Wildman–Crippen MR) is 73.4 cm³/mol. The zero-order valence-corrected chi connectivity index (χ0v) is 10.7. The lowest BCUT2D eigenvalue weighted by Crippen LogP contribution is -2.06. The number of aromatic nitrogens is 2. The van der Waals surface area contributed by atoms with Crippen molar-refractivity contribution in [2.75, 3.05) is 0 Å². The van der Waals surface area contributed by atoms with Crippen molar-refractivity contribution in [3.05, 3.63) is 35.7 Å². The number of carboxylic acids is 2. The van der Waals surface area contributed by atoms with Crippen LogP contribution in [0.2, 0.25) is 0 Å². The minimum atomic E-state index is -1.04. The lowest BCUT2D eigenvalue weighted by molar-refractivity contribution is 0.0677. The molecule has 0 unspecified atom stereocenters. The zero-order chi connectivity index (χ0) is 14.4. The molecule has 3 aromatic rings. The summed E-state index contributed by atoms with van der Waals surface area (Å²) < 4.78 is 1.68. The van der Waals surface area contributed by atoms with Crippen LogP contribution in [0.5, 0.6) is 0 Å². The van der Waals surface area contributed by atoms with Gasteiger partial charge in [0.2, 0.25) is 0 Å². The number of carbonyl (C=O) groups is 2. The van der Waals surface area contributed by atoms with Crippen molar-refractivity contribution in [3.8, 4) is 0 Å². The molecule has 3 rings (SSSR count). The molecule has 102 valence electrons. The van der Waals surface area contributed by atoms with Gasteiger partial charge in [0.1, 0.15) is 11.4 Å². The smallest absolute Gasteiger partial charge is 0.352 e. The van der Waals surface area contributed by atoms with Gasteiger partial charge in [0, 0.05) is 22.8 Å². The van der Waals surface area contributed by atoms with Gasteiger partial charge in [-0.25, -0.2) is 9.59 Å². The van der Waals surface area contributed by atoms with Gasteiger partial charge in [-0.15, -0.1) is 0 Å². The Kier molecular flexibility index (Phi) is 2.53. The average molecular weight is 272 g/mol. The molecular formula is C14H12N2O4. The standard InChI is InChI=1S/C14H12N2O4/c1-2-16-11(14(19)20)5-7-3-4-9-8(12(7)16)6-10(15-9)13(17)18/h3-6,15H,2H2,1H3,(H,17,18)(H,19,20). The summed E-state index contributed by atoms with van der Waals surface area (Å²) >= 11 is 0. The molecule has 0 spiro atoms. The van der Waals surface area contributed by atoms with E-state index in [1.54, 1.807) is 22.8 Å². The van der Waals surface area contributed by atoms with Gasteiger partial charge in [-0.1, -0.05) is 6.07 Å². The van der Waals surface area contributed by atoms with Crippen molar-refractivity contribution in [2.24, 2.45) is 0 Å². The van der Waals surface area contributed by atoms with Crippen LogP contribution < -0.4 is 0 Å². The molecule has 0 amide bonds. The molecule has 6 nitrogen and oxygen atoms in total. The predicted octanol–water partition coefficient (Wildman–Crippen LogP) is 2.54. The van der Waals surface area contributed by atoms with Crippen molar-refractivity contribution in [2.45, 2.75) is 13.5 Å². The van der Waals surface area contributed by atoms with E-state index >= 15 is 0 Å². The van der Waals surface area contributed by atoms with Gasteiger partial charge < -0.3 is 19.8 Å². The first-order chi connectivity index (χ1) is 9.52. The van der Waals surface area contributed by atoms with Crippen LogP contribution in [0.3, 0.4) is 0 Å². The second-order valence-electron chi connectivity index (χ2n) is 4.53. The number of hydrogen-bond donors (Lipinski definition) is 3. The molecule has 2 aromatic heterocycles. The molecule has 6 heteroatoms. The summed E-state index contributed by atoms with van der Waals surface area (Å²) in [5.74, 6) is -2.03. The highest BCUT2D eigenvalue weighted by Gasteiger charge is 2.17. The molecule has 0 aliphatic carbocycles. The van der Waals surface area contributed by atoms with Crippen LogP contribution in [0.4, 0.5) is 0 Å². The fourth-order valence-electron chi connectivity index (χ4n) is 2.59. The summed E-state index contributed by atoms with van der Waals surface area (Å²) in [6.07, 6.45) is 0. The Morgan fingerprint density at radius 3 is 2.55 bits per heavy atom. The third-order valence-electron chi connectivity index (χ3n) is 3.42. The van der Waals surface area contributed by atoms with Crippen LogP contribution in [0.15, 0.2) is 24.3 Å². The fourth-order valence-corrected chi connectivity index (χ4v) is 2.59. The molecule has 0 radical (unpaired) electrons. The van der Waals surface area contributed by atoms with E-state index in [2.05, 4.69) is 4.98 Å². The number of carboxylic acid groups (broad SMARTS) is 2.